The minimum atomic E-state index is -0.948. The van der Waals surface area contributed by atoms with Crippen LogP contribution >= 0.6 is 0 Å². The fourth-order valence-electron chi connectivity index (χ4n) is 3.75. The molecule has 0 radical (unpaired) electrons. The molecule has 0 fully saturated rings. The monoisotopic (exact) mass is 447 g/mol. The van der Waals surface area contributed by atoms with E-state index >= 15 is 0 Å². The van der Waals surface area contributed by atoms with Crippen LogP contribution in [0.4, 0.5) is 5.69 Å². The molecule has 1 aromatic heterocycles. The number of hydrogen-bond donors (Lipinski definition) is 2. The number of para-hydroxylation sites is 3. The zero-order valence-electron chi connectivity index (χ0n) is 18.2. The number of anilines is 1. The molecule has 0 atom stereocenters. The van der Waals surface area contributed by atoms with Crippen molar-refractivity contribution >= 4 is 39.7 Å². The van der Waals surface area contributed by atoms with Gasteiger partial charge in [0.05, 0.1) is 28.5 Å². The van der Waals surface area contributed by atoms with Gasteiger partial charge in [-0.15, -0.1) is 0 Å². The Balaban J connectivity index is 1.37. The normalized spacial score (nSPS) is 11.2. The van der Waals surface area contributed by atoms with Crippen LogP contribution in [0.3, 0.4) is 0 Å². The van der Waals surface area contributed by atoms with Gasteiger partial charge < -0.3 is 9.84 Å². The topological polar surface area (TPSA) is 83.8 Å². The molecule has 4 aromatic carbocycles. The number of benzene rings is 4. The molecule has 5 aromatic rings. The number of carboxylic acid groups (broad SMARTS) is 1. The lowest BCUT2D eigenvalue weighted by molar-refractivity contribution is 0.0697. The lowest BCUT2D eigenvalue weighted by atomic mass is 10.1. The third kappa shape index (κ3) is 4.42. The predicted molar refractivity (Wildman–Crippen MR) is 135 cm³/mol. The summed E-state index contributed by atoms with van der Waals surface area (Å²) in [6, 6.07) is 30.2. The Kier molecular flexibility index (Phi) is 5.86. The quantitative estimate of drug-likeness (QED) is 0.179. The number of rotatable bonds is 7. The first-order valence-corrected chi connectivity index (χ1v) is 10.8. The highest BCUT2D eigenvalue weighted by Gasteiger charge is 2.08. The molecule has 0 spiro atoms. The molecule has 0 aliphatic carbocycles. The minimum Gasteiger partial charge on any atom is -0.488 e. The number of carbonyl (C=O) groups is 1. The molecular weight excluding hydrogens is 426 g/mol. The highest BCUT2D eigenvalue weighted by molar-refractivity contribution is 6.07. The van der Waals surface area contributed by atoms with E-state index in [1.165, 1.54) is 0 Å². The molecule has 0 saturated carbocycles. The maximum atomic E-state index is 11.0. The first kappa shape index (κ1) is 21.2. The van der Waals surface area contributed by atoms with Crippen LogP contribution in [0, 0.1) is 0 Å². The van der Waals surface area contributed by atoms with Crippen LogP contribution in [0.1, 0.15) is 21.5 Å². The maximum Gasteiger partial charge on any atom is 0.335 e. The van der Waals surface area contributed by atoms with E-state index in [0.717, 1.165) is 38.6 Å². The summed E-state index contributed by atoms with van der Waals surface area (Å²) >= 11 is 0. The summed E-state index contributed by atoms with van der Waals surface area (Å²) in [6.07, 6.45) is 1.73. The Morgan fingerprint density at radius 1 is 0.853 bits per heavy atom. The van der Waals surface area contributed by atoms with E-state index in [-0.39, 0.29) is 5.56 Å². The number of aromatic nitrogens is 1. The van der Waals surface area contributed by atoms with E-state index in [4.69, 9.17) is 14.8 Å². The van der Waals surface area contributed by atoms with Crippen molar-refractivity contribution in [2.45, 2.75) is 6.61 Å². The molecule has 1 heterocycles. The van der Waals surface area contributed by atoms with E-state index in [1.54, 1.807) is 30.5 Å². The third-order valence-electron chi connectivity index (χ3n) is 5.48. The molecule has 166 valence electrons. The first-order valence-electron chi connectivity index (χ1n) is 10.8. The van der Waals surface area contributed by atoms with Gasteiger partial charge in [0.15, 0.2) is 0 Å². The van der Waals surface area contributed by atoms with Crippen LogP contribution in [-0.2, 0) is 6.61 Å². The van der Waals surface area contributed by atoms with Crippen molar-refractivity contribution in [3.8, 4) is 5.75 Å². The Bertz CT molecular complexity index is 1460. The number of nitrogens with zero attached hydrogens (tertiary/aromatic N) is 2. The smallest absolute Gasteiger partial charge is 0.335 e. The van der Waals surface area contributed by atoms with Gasteiger partial charge in [0.25, 0.3) is 0 Å². The molecule has 6 heteroatoms. The largest absolute Gasteiger partial charge is 0.488 e. The summed E-state index contributed by atoms with van der Waals surface area (Å²) in [5.41, 5.74) is 7.86. The van der Waals surface area contributed by atoms with E-state index in [1.807, 2.05) is 72.8 Å². The van der Waals surface area contributed by atoms with Crippen molar-refractivity contribution in [1.29, 1.82) is 0 Å². The van der Waals surface area contributed by atoms with Crippen LogP contribution < -0.4 is 10.2 Å². The van der Waals surface area contributed by atoms with Gasteiger partial charge in [0, 0.05) is 16.3 Å². The van der Waals surface area contributed by atoms with Gasteiger partial charge in [-0.2, -0.15) is 5.10 Å². The fourth-order valence-corrected chi connectivity index (χ4v) is 3.75. The van der Waals surface area contributed by atoms with Gasteiger partial charge in [-0.25, -0.2) is 9.78 Å². The average molecular weight is 447 g/mol. The lowest BCUT2D eigenvalue weighted by Gasteiger charge is -2.11. The predicted octanol–water partition coefficient (Wildman–Crippen LogP) is 6.11. The molecule has 0 aliphatic heterocycles. The van der Waals surface area contributed by atoms with E-state index in [0.29, 0.717) is 12.4 Å². The molecule has 6 nitrogen and oxygen atoms in total. The molecule has 0 aliphatic rings. The Hall–Kier alpha value is -4.71. The second-order valence-corrected chi connectivity index (χ2v) is 7.72. The average Bonchev–Trinajstić information content (AvgIpc) is 2.88. The molecule has 0 bridgehead atoms. The zero-order valence-corrected chi connectivity index (χ0v) is 18.2. The number of ether oxygens (including phenoxy) is 1. The number of carboxylic acids is 1. The van der Waals surface area contributed by atoms with E-state index in [9.17, 15) is 4.79 Å². The summed E-state index contributed by atoms with van der Waals surface area (Å²) in [5, 5.41) is 15.5. The van der Waals surface area contributed by atoms with E-state index in [2.05, 4.69) is 10.5 Å². The van der Waals surface area contributed by atoms with Crippen molar-refractivity contribution < 1.29 is 14.6 Å². The van der Waals surface area contributed by atoms with E-state index < -0.39 is 5.97 Å². The molecule has 0 amide bonds. The number of hydrogen-bond acceptors (Lipinski definition) is 5. The SMILES string of the molecule is O=C(O)c1ccc(COc2ccccc2/C=N/Nc2c3ccccc3nc3ccccc23)cc1. The van der Waals surface area contributed by atoms with Crippen LogP contribution in [0.2, 0.25) is 0 Å². The van der Waals surface area contributed by atoms with Gasteiger partial charge in [0.2, 0.25) is 0 Å². The number of hydrazone groups is 1. The first-order chi connectivity index (χ1) is 16.7. The van der Waals surface area contributed by atoms with Crippen molar-refractivity contribution in [2.24, 2.45) is 5.10 Å². The second-order valence-electron chi connectivity index (χ2n) is 7.72. The molecule has 34 heavy (non-hydrogen) atoms. The van der Waals surface area contributed by atoms with Crippen molar-refractivity contribution in [3.63, 3.8) is 0 Å². The summed E-state index contributed by atoms with van der Waals surface area (Å²) in [4.78, 5) is 15.8. The standard InChI is InChI=1S/C28H21N3O3/c32-28(33)20-15-13-19(14-16-20)18-34-26-12-6-1-7-21(26)17-29-31-27-22-8-2-4-10-24(22)30-25-11-5-3-9-23(25)27/h1-17H,18H2,(H,30,31)(H,32,33)/b29-17+. The molecule has 0 unspecified atom stereocenters. The maximum absolute atomic E-state index is 11.0. The Morgan fingerprint density at radius 3 is 2.15 bits per heavy atom. The Morgan fingerprint density at radius 2 is 1.47 bits per heavy atom. The lowest BCUT2D eigenvalue weighted by Crippen LogP contribution is -2.01. The number of fused-ring (bicyclic) bond motifs is 2. The summed E-state index contributed by atoms with van der Waals surface area (Å²) in [5.74, 6) is -0.268. The van der Waals surface area contributed by atoms with Crippen LogP contribution in [0.15, 0.2) is 102 Å². The van der Waals surface area contributed by atoms with Gasteiger partial charge in [-0.3, -0.25) is 5.43 Å². The van der Waals surface area contributed by atoms with Gasteiger partial charge >= 0.3 is 5.97 Å². The van der Waals surface area contributed by atoms with Crippen molar-refractivity contribution in [1.82, 2.24) is 4.98 Å². The molecule has 0 saturated heterocycles. The molecular formula is C28H21N3O3. The van der Waals surface area contributed by atoms with Gasteiger partial charge in [0.1, 0.15) is 12.4 Å². The zero-order chi connectivity index (χ0) is 23.3. The second kappa shape index (κ2) is 9.42. The Labute approximate surface area is 196 Å². The number of pyridine rings is 1. The van der Waals surface area contributed by atoms with Crippen LogP contribution in [-0.4, -0.2) is 22.3 Å². The highest BCUT2D eigenvalue weighted by Crippen LogP contribution is 2.30. The van der Waals surface area contributed by atoms with Crippen LogP contribution in [0.5, 0.6) is 5.75 Å². The highest BCUT2D eigenvalue weighted by atomic mass is 16.5. The summed E-state index contributed by atoms with van der Waals surface area (Å²) in [6.45, 7) is 0.317. The minimum absolute atomic E-state index is 0.249. The van der Waals surface area contributed by atoms with Crippen LogP contribution in [0.25, 0.3) is 21.8 Å². The summed E-state index contributed by atoms with van der Waals surface area (Å²) in [7, 11) is 0. The third-order valence-corrected chi connectivity index (χ3v) is 5.48. The number of aromatic carboxylic acids is 1. The summed E-state index contributed by atoms with van der Waals surface area (Å²) < 4.78 is 5.99. The van der Waals surface area contributed by atoms with Crippen molar-refractivity contribution in [3.05, 3.63) is 114 Å². The van der Waals surface area contributed by atoms with Gasteiger partial charge in [-0.05, 0) is 42.0 Å². The van der Waals surface area contributed by atoms with Crippen molar-refractivity contribution in [2.75, 3.05) is 5.43 Å². The van der Waals surface area contributed by atoms with Gasteiger partial charge in [-0.1, -0.05) is 60.7 Å². The molecule has 2 N–H and O–H groups in total. The molecule has 5 rings (SSSR count). The fraction of sp³-hybridized carbons (Fsp3) is 0.0357. The number of nitrogens with one attached hydrogen (secondary N) is 1.